The van der Waals surface area contributed by atoms with E-state index in [1.54, 1.807) is 23.1 Å². The molecule has 1 unspecified atom stereocenters. The minimum absolute atomic E-state index is 0.268. The molecule has 6 nitrogen and oxygen atoms in total. The van der Waals surface area contributed by atoms with E-state index in [4.69, 9.17) is 15.2 Å². The molecule has 2 aliphatic heterocycles. The van der Waals surface area contributed by atoms with E-state index < -0.39 is 12.5 Å². The van der Waals surface area contributed by atoms with E-state index in [1.165, 1.54) is 17.7 Å². The summed E-state index contributed by atoms with van der Waals surface area (Å²) in [5.74, 6) is 0.773. The third-order valence-electron chi connectivity index (χ3n) is 6.41. The molecule has 2 aromatic rings. The molecule has 2 heterocycles. The molecular weight excluding hydrogens is 445 g/mol. The number of likely N-dealkylation sites (tertiary alicyclic amines) is 1. The predicted molar refractivity (Wildman–Crippen MR) is 136 cm³/mol. The molecule has 2 aliphatic rings. The van der Waals surface area contributed by atoms with Gasteiger partial charge in [-0.25, -0.2) is 9.38 Å². The van der Waals surface area contributed by atoms with Gasteiger partial charge in [-0.3, -0.25) is 4.90 Å². The Labute approximate surface area is 205 Å². The normalized spacial score (nSPS) is 18.9. The Balaban J connectivity index is 1.53. The van der Waals surface area contributed by atoms with Crippen LogP contribution in [0.2, 0.25) is 0 Å². The van der Waals surface area contributed by atoms with Gasteiger partial charge in [0.05, 0.1) is 5.70 Å². The average Bonchev–Trinajstić information content (AvgIpc) is 2.82. The molecule has 0 aromatic heterocycles. The first-order valence-electron chi connectivity index (χ1n) is 12.0. The van der Waals surface area contributed by atoms with Crippen molar-refractivity contribution < 1.29 is 19.7 Å². The lowest BCUT2D eigenvalue weighted by Gasteiger charge is -2.39. The van der Waals surface area contributed by atoms with Crippen molar-refractivity contribution in [1.82, 2.24) is 4.90 Å². The van der Waals surface area contributed by atoms with Crippen LogP contribution in [0.5, 0.6) is 0 Å². The van der Waals surface area contributed by atoms with Crippen LogP contribution >= 0.6 is 0 Å². The average molecular weight is 478 g/mol. The number of hydrogen-bond donors (Lipinski definition) is 3. The molecule has 1 fully saturated rings. The molecule has 0 radical (unpaired) electrons. The Morgan fingerprint density at radius 2 is 1.77 bits per heavy atom. The lowest BCUT2D eigenvalue weighted by atomic mass is 9.92. The van der Waals surface area contributed by atoms with Crippen LogP contribution in [-0.4, -0.2) is 51.7 Å². The molecule has 0 aliphatic carbocycles. The number of hydrogen-bond acceptors (Lipinski definition) is 6. The van der Waals surface area contributed by atoms with Gasteiger partial charge in [-0.1, -0.05) is 43.0 Å². The van der Waals surface area contributed by atoms with Gasteiger partial charge in [0, 0.05) is 42.9 Å². The van der Waals surface area contributed by atoms with Gasteiger partial charge in [0.2, 0.25) is 0 Å². The van der Waals surface area contributed by atoms with Gasteiger partial charge in [-0.2, -0.15) is 0 Å². The van der Waals surface area contributed by atoms with E-state index in [0.717, 1.165) is 13.1 Å². The van der Waals surface area contributed by atoms with Gasteiger partial charge in [-0.15, -0.1) is 0 Å². The lowest BCUT2D eigenvalue weighted by molar-refractivity contribution is -0.0464. The predicted octanol–water partition coefficient (Wildman–Crippen LogP) is 4.29. The van der Waals surface area contributed by atoms with E-state index in [0.29, 0.717) is 48.0 Å². The quantitative estimate of drug-likeness (QED) is 0.352. The molecule has 1 atom stereocenters. The summed E-state index contributed by atoms with van der Waals surface area (Å²) in [5, 5.41) is 29.5. The van der Waals surface area contributed by atoms with Crippen molar-refractivity contribution in [1.29, 1.82) is 0 Å². The zero-order valence-corrected chi connectivity index (χ0v) is 19.7. The van der Waals surface area contributed by atoms with Crippen LogP contribution in [0, 0.1) is 5.82 Å². The molecule has 0 amide bonds. The van der Waals surface area contributed by atoms with Crippen molar-refractivity contribution in [3.05, 3.63) is 102 Å². The highest BCUT2D eigenvalue weighted by molar-refractivity contribution is 6.00. The first-order chi connectivity index (χ1) is 17.0. The van der Waals surface area contributed by atoms with Crippen LogP contribution in [0.4, 0.5) is 10.1 Å². The Hall–Kier alpha value is -3.26. The molecule has 4 rings (SSSR count). The van der Waals surface area contributed by atoms with Crippen molar-refractivity contribution in [3.8, 4) is 0 Å². The van der Waals surface area contributed by atoms with Crippen molar-refractivity contribution in [2.45, 2.75) is 44.1 Å². The summed E-state index contributed by atoms with van der Waals surface area (Å²) < 4.78 is 13.5. The number of anilines is 1. The number of amidine groups is 1. The molecular formula is C28H32FN3O3. The summed E-state index contributed by atoms with van der Waals surface area (Å²) in [6.45, 7) is 5.72. The van der Waals surface area contributed by atoms with Crippen molar-refractivity contribution >= 4 is 11.5 Å². The highest BCUT2D eigenvalue weighted by Gasteiger charge is 2.30. The maximum absolute atomic E-state index is 13.5. The fraction of sp³-hybridized carbons (Fsp3) is 0.321. The van der Waals surface area contributed by atoms with Crippen molar-refractivity contribution in [3.63, 3.8) is 0 Å². The van der Waals surface area contributed by atoms with Gasteiger partial charge >= 0.3 is 0 Å². The van der Waals surface area contributed by atoms with E-state index in [1.807, 2.05) is 18.3 Å². The second-order valence-electron chi connectivity index (χ2n) is 8.90. The topological polar surface area (TPSA) is 79.5 Å². The number of halogens is 1. The summed E-state index contributed by atoms with van der Waals surface area (Å²) >= 11 is 0. The molecule has 0 spiro atoms. The SMILES string of the molecule is C=CC1=C(/C=C/N2CC(c3ccccc3)C2)N=C(CCCCC(O)O)N(c2ccc(F)cc2)C1O. The van der Waals surface area contributed by atoms with E-state index in [9.17, 15) is 9.50 Å². The summed E-state index contributed by atoms with van der Waals surface area (Å²) in [5.41, 5.74) is 3.15. The summed E-state index contributed by atoms with van der Waals surface area (Å²) in [7, 11) is 0. The Kier molecular flexibility index (Phi) is 8.13. The second kappa shape index (κ2) is 11.4. The Morgan fingerprint density at radius 1 is 1.06 bits per heavy atom. The van der Waals surface area contributed by atoms with Gasteiger partial charge < -0.3 is 20.2 Å². The molecule has 7 heteroatoms. The number of unbranched alkanes of at least 4 members (excludes halogenated alkanes) is 1. The third kappa shape index (κ3) is 6.06. The Bertz CT molecular complexity index is 1090. The maximum Gasteiger partial charge on any atom is 0.160 e. The fourth-order valence-electron chi connectivity index (χ4n) is 4.44. The summed E-state index contributed by atoms with van der Waals surface area (Å²) in [6, 6.07) is 16.4. The number of rotatable bonds is 10. The number of aliphatic imine (C=N–C) groups is 1. The number of allylic oxidation sites excluding steroid dienone is 1. The van der Waals surface area contributed by atoms with Crippen LogP contribution < -0.4 is 4.90 Å². The van der Waals surface area contributed by atoms with Crippen LogP contribution in [-0.2, 0) is 0 Å². The monoisotopic (exact) mass is 477 g/mol. The van der Waals surface area contributed by atoms with E-state index in [2.05, 4.69) is 35.7 Å². The summed E-state index contributed by atoms with van der Waals surface area (Å²) in [6.07, 6.45) is 5.18. The largest absolute Gasteiger partial charge is 0.376 e. The van der Waals surface area contributed by atoms with Crippen LogP contribution in [0.1, 0.15) is 37.2 Å². The summed E-state index contributed by atoms with van der Waals surface area (Å²) in [4.78, 5) is 8.74. The van der Waals surface area contributed by atoms with Crippen molar-refractivity contribution in [2.24, 2.45) is 4.99 Å². The van der Waals surface area contributed by atoms with E-state index >= 15 is 0 Å². The fourth-order valence-corrected chi connectivity index (χ4v) is 4.44. The molecule has 184 valence electrons. The van der Waals surface area contributed by atoms with Gasteiger partial charge in [0.15, 0.2) is 12.5 Å². The highest BCUT2D eigenvalue weighted by atomic mass is 19.1. The molecule has 3 N–H and O–H groups in total. The number of aliphatic hydroxyl groups excluding tert-OH is 2. The first-order valence-corrected chi connectivity index (χ1v) is 12.0. The van der Waals surface area contributed by atoms with Gasteiger partial charge in [-0.05, 0) is 55.2 Å². The second-order valence-corrected chi connectivity index (χ2v) is 8.90. The highest BCUT2D eigenvalue weighted by Crippen LogP contribution is 2.31. The molecule has 35 heavy (non-hydrogen) atoms. The number of benzene rings is 2. The molecule has 1 saturated heterocycles. The van der Waals surface area contributed by atoms with E-state index in [-0.39, 0.29) is 12.2 Å². The zero-order valence-electron chi connectivity index (χ0n) is 19.7. The number of nitrogens with zero attached hydrogens (tertiary/aromatic N) is 3. The van der Waals surface area contributed by atoms with Crippen LogP contribution in [0.3, 0.4) is 0 Å². The molecule has 2 aromatic carbocycles. The minimum atomic E-state index is -1.34. The van der Waals surface area contributed by atoms with Crippen LogP contribution in [0.15, 0.2) is 95.8 Å². The van der Waals surface area contributed by atoms with Gasteiger partial charge in [0.1, 0.15) is 11.7 Å². The molecule has 0 saturated carbocycles. The Morgan fingerprint density at radius 3 is 2.43 bits per heavy atom. The third-order valence-corrected chi connectivity index (χ3v) is 6.41. The van der Waals surface area contributed by atoms with Crippen molar-refractivity contribution in [2.75, 3.05) is 18.0 Å². The number of aliphatic hydroxyl groups is 3. The first kappa shape index (κ1) is 24.9. The lowest BCUT2D eigenvalue weighted by Crippen LogP contribution is -2.44. The van der Waals surface area contributed by atoms with Gasteiger partial charge in [0.25, 0.3) is 0 Å². The zero-order chi connectivity index (χ0) is 24.8. The molecule has 0 bridgehead atoms. The maximum atomic E-state index is 13.5. The minimum Gasteiger partial charge on any atom is -0.376 e. The van der Waals surface area contributed by atoms with Crippen LogP contribution in [0.25, 0.3) is 0 Å². The smallest absolute Gasteiger partial charge is 0.160 e. The standard InChI is InChI=1S/C28H32FN3O3/c1-2-24-25(16-17-31-18-21(19-31)20-8-4-3-5-9-20)30-26(10-6-7-11-27(33)34)32(28(24)35)23-14-12-22(29)13-15-23/h2-5,8-9,12-17,21,27-28,33-35H,1,6-7,10-11,18-19H2/b17-16+.